The van der Waals surface area contributed by atoms with Crippen LogP contribution in [0.4, 0.5) is 0 Å². The van der Waals surface area contributed by atoms with Gasteiger partial charge in [-0.25, -0.2) is 0 Å². The molecular weight excluding hydrogens is 188 g/mol. The summed E-state index contributed by atoms with van der Waals surface area (Å²) in [7, 11) is 2.05. The van der Waals surface area contributed by atoms with Crippen LogP contribution in [0.3, 0.4) is 0 Å². The van der Waals surface area contributed by atoms with Crippen molar-refractivity contribution < 1.29 is 4.74 Å². The molecule has 0 saturated carbocycles. The van der Waals surface area contributed by atoms with E-state index in [0.29, 0.717) is 12.1 Å². The zero-order chi connectivity index (χ0) is 11.1. The van der Waals surface area contributed by atoms with Crippen LogP contribution in [0.15, 0.2) is 0 Å². The summed E-state index contributed by atoms with van der Waals surface area (Å²) in [6.07, 6.45) is 4.19. The first-order valence-electron chi connectivity index (χ1n) is 6.31. The Balaban J connectivity index is 2.28. The molecule has 1 N–H and O–H groups in total. The minimum atomic E-state index is 0.470. The Hall–Kier alpha value is -0.120. The van der Waals surface area contributed by atoms with Crippen LogP contribution in [0.5, 0.6) is 0 Å². The van der Waals surface area contributed by atoms with Crippen molar-refractivity contribution in [2.75, 3.05) is 33.3 Å². The molecule has 0 aromatic rings. The summed E-state index contributed by atoms with van der Waals surface area (Å²) < 4.78 is 5.70. The highest BCUT2D eigenvalue weighted by Gasteiger charge is 2.21. The lowest BCUT2D eigenvalue weighted by Gasteiger charge is -2.34. The van der Waals surface area contributed by atoms with E-state index < -0.39 is 0 Å². The Morgan fingerprint density at radius 1 is 1.47 bits per heavy atom. The molecule has 0 radical (unpaired) electrons. The van der Waals surface area contributed by atoms with Crippen molar-refractivity contribution in [3.05, 3.63) is 0 Å². The standard InChI is InChI=1S/C12H26N2O/c1-4-11(13-3)9-14-8-6-7-12(10-14)15-5-2/h11-13H,4-10H2,1-3H3. The van der Waals surface area contributed by atoms with Gasteiger partial charge in [-0.15, -0.1) is 0 Å². The molecule has 0 aromatic heterocycles. The molecule has 0 spiro atoms. The van der Waals surface area contributed by atoms with Crippen LogP contribution in [0, 0.1) is 0 Å². The van der Waals surface area contributed by atoms with Crippen LogP contribution in [0.1, 0.15) is 33.1 Å². The zero-order valence-corrected chi connectivity index (χ0v) is 10.5. The molecule has 0 bridgehead atoms. The van der Waals surface area contributed by atoms with Gasteiger partial charge in [0.1, 0.15) is 0 Å². The predicted octanol–water partition coefficient (Wildman–Crippen LogP) is 1.49. The highest BCUT2D eigenvalue weighted by Crippen LogP contribution is 2.13. The molecule has 90 valence electrons. The quantitative estimate of drug-likeness (QED) is 0.725. The second kappa shape index (κ2) is 7.20. The normalized spacial score (nSPS) is 25.4. The first-order valence-corrected chi connectivity index (χ1v) is 6.31. The van der Waals surface area contributed by atoms with Crippen molar-refractivity contribution >= 4 is 0 Å². The number of nitrogens with zero attached hydrogens (tertiary/aromatic N) is 1. The van der Waals surface area contributed by atoms with Crippen LogP contribution in [0.25, 0.3) is 0 Å². The lowest BCUT2D eigenvalue weighted by molar-refractivity contribution is 0.00366. The number of ether oxygens (including phenoxy) is 1. The monoisotopic (exact) mass is 214 g/mol. The molecule has 1 rings (SSSR count). The summed E-state index contributed by atoms with van der Waals surface area (Å²) in [5, 5.41) is 3.36. The summed E-state index contributed by atoms with van der Waals surface area (Å²) in [4.78, 5) is 2.54. The first-order chi connectivity index (χ1) is 7.30. The third-order valence-corrected chi connectivity index (χ3v) is 3.24. The highest BCUT2D eigenvalue weighted by molar-refractivity contribution is 4.77. The van der Waals surface area contributed by atoms with E-state index in [0.717, 1.165) is 19.7 Å². The van der Waals surface area contributed by atoms with Crippen LogP contribution < -0.4 is 5.32 Å². The van der Waals surface area contributed by atoms with Gasteiger partial charge in [0, 0.05) is 25.7 Å². The van der Waals surface area contributed by atoms with E-state index in [-0.39, 0.29) is 0 Å². The third-order valence-electron chi connectivity index (χ3n) is 3.24. The summed E-state index contributed by atoms with van der Waals surface area (Å²) in [6.45, 7) is 8.69. The maximum Gasteiger partial charge on any atom is 0.0702 e. The smallest absolute Gasteiger partial charge is 0.0702 e. The molecule has 3 nitrogen and oxygen atoms in total. The fourth-order valence-electron chi connectivity index (χ4n) is 2.29. The van der Waals surface area contributed by atoms with Crippen LogP contribution in [-0.4, -0.2) is 50.3 Å². The van der Waals surface area contributed by atoms with Gasteiger partial charge < -0.3 is 10.1 Å². The maximum atomic E-state index is 5.70. The molecule has 1 fully saturated rings. The molecule has 1 aliphatic heterocycles. The van der Waals surface area contributed by atoms with Gasteiger partial charge in [0.25, 0.3) is 0 Å². The topological polar surface area (TPSA) is 24.5 Å². The lowest BCUT2D eigenvalue weighted by atomic mass is 10.1. The van der Waals surface area contributed by atoms with Crippen LogP contribution in [-0.2, 0) is 4.74 Å². The van der Waals surface area contributed by atoms with Gasteiger partial charge in [0.15, 0.2) is 0 Å². The molecule has 2 atom stereocenters. The van der Waals surface area contributed by atoms with Crippen molar-refractivity contribution in [3.63, 3.8) is 0 Å². The number of likely N-dealkylation sites (tertiary alicyclic amines) is 1. The molecule has 3 heteroatoms. The van der Waals surface area contributed by atoms with Gasteiger partial charge >= 0.3 is 0 Å². The van der Waals surface area contributed by atoms with Crippen molar-refractivity contribution in [1.82, 2.24) is 10.2 Å². The van der Waals surface area contributed by atoms with Gasteiger partial charge in [0.05, 0.1) is 6.10 Å². The molecule has 1 aliphatic rings. The number of likely N-dealkylation sites (N-methyl/N-ethyl adjacent to an activating group) is 1. The second-order valence-corrected chi connectivity index (χ2v) is 4.37. The van der Waals surface area contributed by atoms with Crippen molar-refractivity contribution in [1.29, 1.82) is 0 Å². The minimum Gasteiger partial charge on any atom is -0.377 e. The van der Waals surface area contributed by atoms with E-state index >= 15 is 0 Å². The van der Waals surface area contributed by atoms with Gasteiger partial charge in [-0.3, -0.25) is 4.90 Å². The largest absolute Gasteiger partial charge is 0.377 e. The van der Waals surface area contributed by atoms with E-state index in [1.807, 2.05) is 0 Å². The fourth-order valence-corrected chi connectivity index (χ4v) is 2.29. The molecular formula is C12H26N2O. The van der Waals surface area contributed by atoms with Crippen molar-refractivity contribution in [2.24, 2.45) is 0 Å². The molecule has 15 heavy (non-hydrogen) atoms. The Morgan fingerprint density at radius 2 is 2.27 bits per heavy atom. The average molecular weight is 214 g/mol. The Kier molecular flexibility index (Phi) is 6.22. The van der Waals surface area contributed by atoms with Gasteiger partial charge in [-0.2, -0.15) is 0 Å². The number of piperidine rings is 1. The number of hydrogen-bond acceptors (Lipinski definition) is 3. The summed E-state index contributed by atoms with van der Waals surface area (Å²) in [5.41, 5.74) is 0. The van der Waals surface area contributed by atoms with E-state index in [9.17, 15) is 0 Å². The average Bonchev–Trinajstić information content (AvgIpc) is 2.27. The summed E-state index contributed by atoms with van der Waals surface area (Å²) >= 11 is 0. The molecule has 1 heterocycles. The van der Waals surface area contributed by atoms with E-state index in [2.05, 4.69) is 31.1 Å². The molecule has 0 aliphatic carbocycles. The number of rotatable bonds is 6. The van der Waals surface area contributed by atoms with Crippen molar-refractivity contribution in [3.8, 4) is 0 Å². The van der Waals surface area contributed by atoms with E-state index in [4.69, 9.17) is 4.74 Å². The molecule has 0 aromatic carbocycles. The van der Waals surface area contributed by atoms with E-state index in [1.165, 1.54) is 25.8 Å². The van der Waals surface area contributed by atoms with Crippen molar-refractivity contribution in [2.45, 2.75) is 45.3 Å². The van der Waals surface area contributed by atoms with E-state index in [1.54, 1.807) is 0 Å². The second-order valence-electron chi connectivity index (χ2n) is 4.37. The third kappa shape index (κ3) is 4.49. The summed E-state index contributed by atoms with van der Waals surface area (Å²) in [6, 6.07) is 0.630. The first kappa shape index (κ1) is 12.9. The highest BCUT2D eigenvalue weighted by atomic mass is 16.5. The van der Waals surface area contributed by atoms with Gasteiger partial charge in [0.2, 0.25) is 0 Å². The van der Waals surface area contributed by atoms with Crippen LogP contribution >= 0.6 is 0 Å². The minimum absolute atomic E-state index is 0.470. The van der Waals surface area contributed by atoms with Crippen LogP contribution in [0.2, 0.25) is 0 Å². The van der Waals surface area contributed by atoms with Gasteiger partial charge in [-0.05, 0) is 39.8 Å². The summed E-state index contributed by atoms with van der Waals surface area (Å²) in [5.74, 6) is 0. The lowest BCUT2D eigenvalue weighted by Crippen LogP contribution is -2.46. The maximum absolute atomic E-state index is 5.70. The fraction of sp³-hybridized carbons (Fsp3) is 1.00. The molecule has 2 unspecified atom stereocenters. The van der Waals surface area contributed by atoms with Gasteiger partial charge in [-0.1, -0.05) is 6.92 Å². The number of hydrogen-bond donors (Lipinski definition) is 1. The zero-order valence-electron chi connectivity index (χ0n) is 10.5. The SMILES string of the molecule is CCOC1CCCN(CC(CC)NC)C1. The number of nitrogens with one attached hydrogen (secondary N) is 1. The predicted molar refractivity (Wildman–Crippen MR) is 64.2 cm³/mol. The Labute approximate surface area is 94.2 Å². The molecule has 1 saturated heterocycles. The molecule has 0 amide bonds. The Morgan fingerprint density at radius 3 is 2.87 bits per heavy atom. The Bertz CT molecular complexity index is 158.